The van der Waals surface area contributed by atoms with Crippen molar-refractivity contribution in [3.8, 4) is 0 Å². The van der Waals surface area contributed by atoms with E-state index in [1.807, 2.05) is 42.3 Å². The van der Waals surface area contributed by atoms with Crippen molar-refractivity contribution >= 4 is 11.9 Å². The first kappa shape index (κ1) is 18.5. The van der Waals surface area contributed by atoms with Crippen LogP contribution in [0.5, 0.6) is 0 Å². The Bertz CT molecular complexity index is 854. The second kappa shape index (κ2) is 8.04. The molecule has 3 amide bonds. The van der Waals surface area contributed by atoms with Crippen molar-refractivity contribution in [2.75, 3.05) is 13.1 Å². The van der Waals surface area contributed by atoms with E-state index in [0.29, 0.717) is 13.1 Å². The molecule has 1 unspecified atom stereocenters. The number of carbonyl (C=O) groups excluding carboxylic acids is 2. The van der Waals surface area contributed by atoms with Crippen LogP contribution >= 0.6 is 0 Å². The molecule has 1 aromatic carbocycles. The minimum Gasteiger partial charge on any atom is -0.349 e. The predicted octanol–water partition coefficient (Wildman–Crippen LogP) is 2.18. The number of aromatic nitrogens is 2. The highest BCUT2D eigenvalue weighted by molar-refractivity contribution is 5.95. The standard InChI is InChI=1S/C21H27N5O2/c1-14-4-2-3-5-18(14)20(27)23-16-8-10-26(11-9-16)21(28)24-17-6-7-19-15(12-17)13-22-25-19/h2-5,13,16-17H,6-12H2,1H3,(H,22,25)(H,23,27)(H,24,28). The number of likely N-dealkylation sites (tertiary alicyclic amines) is 1. The van der Waals surface area contributed by atoms with Gasteiger partial charge in [0.2, 0.25) is 0 Å². The summed E-state index contributed by atoms with van der Waals surface area (Å²) in [5.41, 5.74) is 4.09. The first-order valence-corrected chi connectivity index (χ1v) is 10.0. The number of benzene rings is 1. The smallest absolute Gasteiger partial charge is 0.317 e. The van der Waals surface area contributed by atoms with Gasteiger partial charge in [-0.05, 0) is 56.2 Å². The lowest BCUT2D eigenvalue weighted by Gasteiger charge is -2.34. The Morgan fingerprint density at radius 2 is 1.89 bits per heavy atom. The van der Waals surface area contributed by atoms with E-state index in [0.717, 1.165) is 43.2 Å². The number of nitrogens with one attached hydrogen (secondary N) is 3. The highest BCUT2D eigenvalue weighted by Gasteiger charge is 2.27. The minimum atomic E-state index is -0.0286. The van der Waals surface area contributed by atoms with Crippen LogP contribution in [-0.4, -0.2) is 52.2 Å². The number of aryl methyl sites for hydroxylation is 2. The number of hydrogen-bond acceptors (Lipinski definition) is 3. The molecule has 2 aromatic rings. The van der Waals surface area contributed by atoms with Gasteiger partial charge in [0.05, 0.1) is 6.20 Å². The number of carbonyl (C=O) groups is 2. The van der Waals surface area contributed by atoms with Gasteiger partial charge in [-0.25, -0.2) is 4.79 Å². The Morgan fingerprint density at radius 1 is 1.11 bits per heavy atom. The van der Waals surface area contributed by atoms with E-state index in [2.05, 4.69) is 20.8 Å². The van der Waals surface area contributed by atoms with E-state index in [1.165, 1.54) is 11.3 Å². The fourth-order valence-electron chi connectivity index (χ4n) is 4.12. The molecule has 1 fully saturated rings. The number of aromatic amines is 1. The number of hydrogen-bond donors (Lipinski definition) is 3. The van der Waals surface area contributed by atoms with Crippen LogP contribution in [-0.2, 0) is 12.8 Å². The topological polar surface area (TPSA) is 90.1 Å². The quantitative estimate of drug-likeness (QED) is 0.761. The monoisotopic (exact) mass is 381 g/mol. The normalized spacial score (nSPS) is 19.8. The van der Waals surface area contributed by atoms with E-state index in [1.54, 1.807) is 0 Å². The summed E-state index contributed by atoms with van der Waals surface area (Å²) in [5, 5.41) is 13.4. The zero-order chi connectivity index (χ0) is 19.5. The third-order valence-electron chi connectivity index (χ3n) is 5.85. The van der Waals surface area contributed by atoms with Crippen LogP contribution < -0.4 is 10.6 Å². The van der Waals surface area contributed by atoms with Crippen molar-refractivity contribution in [3.05, 3.63) is 52.8 Å². The van der Waals surface area contributed by atoms with Crippen LogP contribution in [0.4, 0.5) is 4.79 Å². The molecule has 0 saturated carbocycles. The fourth-order valence-corrected chi connectivity index (χ4v) is 4.12. The van der Waals surface area contributed by atoms with Gasteiger partial charge in [-0.2, -0.15) is 5.10 Å². The zero-order valence-corrected chi connectivity index (χ0v) is 16.2. The van der Waals surface area contributed by atoms with Gasteiger partial charge in [-0.3, -0.25) is 9.89 Å². The fraction of sp³-hybridized carbons (Fsp3) is 0.476. The number of nitrogens with zero attached hydrogens (tertiary/aromatic N) is 2. The molecule has 1 atom stereocenters. The molecule has 1 aromatic heterocycles. The average molecular weight is 381 g/mol. The Kier molecular flexibility index (Phi) is 5.32. The van der Waals surface area contributed by atoms with Gasteiger partial charge < -0.3 is 15.5 Å². The molecule has 148 valence electrons. The molecule has 3 N–H and O–H groups in total. The third kappa shape index (κ3) is 4.03. The SMILES string of the molecule is Cc1ccccc1C(=O)NC1CCN(C(=O)NC2CCc3[nH]ncc3C2)CC1. The predicted molar refractivity (Wildman–Crippen MR) is 106 cm³/mol. The lowest BCUT2D eigenvalue weighted by molar-refractivity contribution is 0.0917. The largest absolute Gasteiger partial charge is 0.349 e. The van der Waals surface area contributed by atoms with Gasteiger partial charge in [-0.1, -0.05) is 18.2 Å². The average Bonchev–Trinajstić information content (AvgIpc) is 3.16. The Balaban J connectivity index is 1.24. The van der Waals surface area contributed by atoms with Crippen LogP contribution in [0.25, 0.3) is 0 Å². The molecule has 7 heteroatoms. The third-order valence-corrected chi connectivity index (χ3v) is 5.85. The molecule has 28 heavy (non-hydrogen) atoms. The molecular formula is C21H27N5O2. The van der Waals surface area contributed by atoms with Crippen LogP contribution in [0, 0.1) is 6.92 Å². The van der Waals surface area contributed by atoms with Crippen molar-refractivity contribution in [2.24, 2.45) is 0 Å². The maximum Gasteiger partial charge on any atom is 0.317 e. The molecule has 0 bridgehead atoms. The summed E-state index contributed by atoms with van der Waals surface area (Å²) < 4.78 is 0. The van der Waals surface area contributed by atoms with Crippen molar-refractivity contribution in [1.29, 1.82) is 0 Å². The van der Waals surface area contributed by atoms with Gasteiger partial charge >= 0.3 is 6.03 Å². The van der Waals surface area contributed by atoms with Crippen LogP contribution in [0.1, 0.15) is 46.4 Å². The van der Waals surface area contributed by atoms with Crippen molar-refractivity contribution in [2.45, 2.75) is 51.1 Å². The number of amides is 3. The highest BCUT2D eigenvalue weighted by atomic mass is 16.2. The molecule has 2 heterocycles. The molecular weight excluding hydrogens is 354 g/mol. The lowest BCUT2D eigenvalue weighted by Crippen LogP contribution is -2.52. The van der Waals surface area contributed by atoms with Gasteiger partial charge in [0.25, 0.3) is 5.91 Å². The number of urea groups is 1. The van der Waals surface area contributed by atoms with Crippen molar-refractivity contribution in [3.63, 3.8) is 0 Å². The Hall–Kier alpha value is -2.83. The zero-order valence-electron chi connectivity index (χ0n) is 16.2. The molecule has 2 aliphatic rings. The van der Waals surface area contributed by atoms with E-state index >= 15 is 0 Å². The Morgan fingerprint density at radius 3 is 2.68 bits per heavy atom. The highest BCUT2D eigenvalue weighted by Crippen LogP contribution is 2.19. The van der Waals surface area contributed by atoms with E-state index in [4.69, 9.17) is 0 Å². The molecule has 0 spiro atoms. The number of rotatable bonds is 3. The molecule has 0 radical (unpaired) electrons. The lowest BCUT2D eigenvalue weighted by atomic mass is 9.94. The molecule has 4 rings (SSSR count). The summed E-state index contributed by atoms with van der Waals surface area (Å²) in [4.78, 5) is 27.0. The second-order valence-corrected chi connectivity index (χ2v) is 7.81. The van der Waals surface area contributed by atoms with Gasteiger partial charge in [-0.15, -0.1) is 0 Å². The Labute approximate surface area is 164 Å². The summed E-state index contributed by atoms with van der Waals surface area (Å²) in [6.45, 7) is 3.27. The van der Waals surface area contributed by atoms with E-state index < -0.39 is 0 Å². The molecule has 1 aliphatic carbocycles. The van der Waals surface area contributed by atoms with Crippen molar-refractivity contribution < 1.29 is 9.59 Å². The summed E-state index contributed by atoms with van der Waals surface area (Å²) in [5.74, 6) is -0.0286. The number of H-pyrrole nitrogens is 1. The molecule has 7 nitrogen and oxygen atoms in total. The van der Waals surface area contributed by atoms with Crippen LogP contribution in [0.15, 0.2) is 30.5 Å². The summed E-state index contributed by atoms with van der Waals surface area (Å²) in [7, 11) is 0. The van der Waals surface area contributed by atoms with Crippen LogP contribution in [0.3, 0.4) is 0 Å². The minimum absolute atomic E-state index is 0.000579. The van der Waals surface area contributed by atoms with E-state index in [9.17, 15) is 9.59 Å². The van der Waals surface area contributed by atoms with Gasteiger partial charge in [0, 0.05) is 36.4 Å². The number of fused-ring (bicyclic) bond motifs is 1. The first-order valence-electron chi connectivity index (χ1n) is 10.0. The summed E-state index contributed by atoms with van der Waals surface area (Å²) >= 11 is 0. The maximum absolute atomic E-state index is 12.6. The second-order valence-electron chi connectivity index (χ2n) is 7.81. The van der Waals surface area contributed by atoms with E-state index in [-0.39, 0.29) is 24.0 Å². The molecule has 1 aliphatic heterocycles. The van der Waals surface area contributed by atoms with Gasteiger partial charge in [0.1, 0.15) is 0 Å². The van der Waals surface area contributed by atoms with Crippen LogP contribution in [0.2, 0.25) is 0 Å². The maximum atomic E-state index is 12.6. The van der Waals surface area contributed by atoms with Crippen molar-refractivity contribution in [1.82, 2.24) is 25.7 Å². The summed E-state index contributed by atoms with van der Waals surface area (Å²) in [6, 6.07) is 7.88. The summed E-state index contributed by atoms with van der Waals surface area (Å²) in [6.07, 6.45) is 6.11. The number of piperidine rings is 1. The van der Waals surface area contributed by atoms with Gasteiger partial charge in [0.15, 0.2) is 0 Å². The first-order chi connectivity index (χ1) is 13.6. The molecule has 1 saturated heterocycles.